The van der Waals surface area contributed by atoms with E-state index in [1.807, 2.05) is 25.1 Å². The van der Waals surface area contributed by atoms with E-state index in [1.54, 1.807) is 19.0 Å². The highest BCUT2D eigenvalue weighted by molar-refractivity contribution is 7.91. The second-order valence-corrected chi connectivity index (χ2v) is 9.29. The van der Waals surface area contributed by atoms with Crippen molar-refractivity contribution >= 4 is 15.9 Å². The predicted octanol–water partition coefficient (Wildman–Crippen LogP) is 0.397. The van der Waals surface area contributed by atoms with Gasteiger partial charge in [0.05, 0.1) is 17.5 Å². The van der Waals surface area contributed by atoms with E-state index in [4.69, 9.17) is 0 Å². The van der Waals surface area contributed by atoms with E-state index in [9.17, 15) is 13.2 Å². The van der Waals surface area contributed by atoms with Crippen LogP contribution in [0.25, 0.3) is 0 Å². The van der Waals surface area contributed by atoms with Crippen molar-refractivity contribution in [3.05, 3.63) is 29.6 Å². The first-order valence-corrected chi connectivity index (χ1v) is 10.4. The molecule has 138 valence electrons. The molecule has 2 saturated heterocycles. The van der Waals surface area contributed by atoms with E-state index in [1.165, 1.54) is 4.90 Å². The summed E-state index contributed by atoms with van der Waals surface area (Å²) >= 11 is 0. The van der Waals surface area contributed by atoms with Crippen molar-refractivity contribution in [3.63, 3.8) is 0 Å². The second kappa shape index (κ2) is 6.92. The number of pyridine rings is 1. The van der Waals surface area contributed by atoms with Crippen molar-refractivity contribution in [1.82, 2.24) is 19.7 Å². The zero-order valence-corrected chi connectivity index (χ0v) is 15.9. The molecule has 1 aromatic rings. The average Bonchev–Trinajstić information content (AvgIpc) is 2.87. The summed E-state index contributed by atoms with van der Waals surface area (Å²) in [5.41, 5.74) is 2.00. The highest BCUT2D eigenvalue weighted by atomic mass is 32.2. The molecule has 2 aliphatic heterocycles. The number of carbonyl (C=O) groups excluding carboxylic acids is 1. The number of hydrogen-bond donors (Lipinski definition) is 0. The molecule has 7 nitrogen and oxygen atoms in total. The van der Waals surface area contributed by atoms with Crippen LogP contribution in [0.5, 0.6) is 0 Å². The van der Waals surface area contributed by atoms with Crippen LogP contribution in [-0.2, 0) is 16.3 Å². The van der Waals surface area contributed by atoms with Crippen molar-refractivity contribution in [2.24, 2.45) is 0 Å². The number of carbonyl (C=O) groups is 1. The third-order valence-corrected chi connectivity index (χ3v) is 6.72. The molecule has 0 saturated carbocycles. The molecule has 0 unspecified atom stereocenters. The molecule has 1 aromatic heterocycles. The van der Waals surface area contributed by atoms with Crippen LogP contribution >= 0.6 is 0 Å². The van der Waals surface area contributed by atoms with E-state index in [2.05, 4.69) is 9.88 Å². The molecular formula is C17H26N4O3S. The molecule has 3 rings (SSSR count). The monoisotopic (exact) mass is 366 g/mol. The lowest BCUT2D eigenvalue weighted by Crippen LogP contribution is -2.62. The third kappa shape index (κ3) is 3.95. The van der Waals surface area contributed by atoms with Gasteiger partial charge in [0.1, 0.15) is 0 Å². The zero-order chi connectivity index (χ0) is 18.2. The van der Waals surface area contributed by atoms with Gasteiger partial charge in [-0.25, -0.2) is 13.2 Å². The maximum atomic E-state index is 12.4. The Bertz CT molecular complexity index is 750. The minimum absolute atomic E-state index is 0.0659. The summed E-state index contributed by atoms with van der Waals surface area (Å²) in [6.45, 7) is 3.99. The van der Waals surface area contributed by atoms with E-state index < -0.39 is 9.84 Å². The van der Waals surface area contributed by atoms with E-state index in [-0.39, 0.29) is 29.6 Å². The number of fused-ring (bicyclic) bond motifs is 1. The second-order valence-electron chi connectivity index (χ2n) is 7.14. The van der Waals surface area contributed by atoms with Crippen LogP contribution in [0.2, 0.25) is 0 Å². The van der Waals surface area contributed by atoms with Gasteiger partial charge in [-0.1, -0.05) is 6.07 Å². The fourth-order valence-corrected chi connectivity index (χ4v) is 5.81. The van der Waals surface area contributed by atoms with E-state index in [0.717, 1.165) is 24.4 Å². The van der Waals surface area contributed by atoms with Crippen molar-refractivity contribution < 1.29 is 13.2 Å². The highest BCUT2D eigenvalue weighted by Crippen LogP contribution is 2.27. The molecule has 0 bridgehead atoms. The summed E-state index contributed by atoms with van der Waals surface area (Å²) in [5, 5.41) is 0. The van der Waals surface area contributed by atoms with Gasteiger partial charge < -0.3 is 9.80 Å². The van der Waals surface area contributed by atoms with Gasteiger partial charge >= 0.3 is 6.03 Å². The number of rotatable bonds is 3. The standard InChI is InChI=1S/C17H26N4O3S/c1-13-5-4-6-14(18-13)7-8-20-9-10-21(17(22)19(2)3)16-12-25(23,24)11-15(16)20/h4-6,15-16H,7-12H2,1-3H3/t15-,16+/m1/s1. The number of piperazine rings is 1. The maximum Gasteiger partial charge on any atom is 0.319 e. The van der Waals surface area contributed by atoms with Crippen molar-refractivity contribution in [1.29, 1.82) is 0 Å². The minimum Gasteiger partial charge on any atom is -0.331 e. The lowest BCUT2D eigenvalue weighted by molar-refractivity contribution is 0.0572. The van der Waals surface area contributed by atoms with Crippen molar-refractivity contribution in [2.75, 3.05) is 45.2 Å². The first-order chi connectivity index (χ1) is 11.8. The number of sulfone groups is 1. The molecule has 2 aliphatic rings. The predicted molar refractivity (Wildman–Crippen MR) is 96.3 cm³/mol. The summed E-state index contributed by atoms with van der Waals surface area (Å²) < 4.78 is 24.4. The van der Waals surface area contributed by atoms with Gasteiger partial charge in [-0.3, -0.25) is 9.88 Å². The molecule has 2 amide bonds. The summed E-state index contributed by atoms with van der Waals surface area (Å²) in [7, 11) is 0.297. The number of urea groups is 1. The SMILES string of the molecule is Cc1cccc(CCN2CCN(C(=O)N(C)C)[C@H]3CS(=O)(=O)C[C@H]32)n1. The molecule has 2 fully saturated rings. The van der Waals surface area contributed by atoms with E-state index in [0.29, 0.717) is 13.1 Å². The molecule has 0 N–H and O–H groups in total. The van der Waals surface area contributed by atoms with Gasteiger partial charge in [0, 0.05) is 57.6 Å². The van der Waals surface area contributed by atoms with Gasteiger partial charge in [-0.2, -0.15) is 0 Å². The molecule has 0 spiro atoms. The fourth-order valence-electron chi connectivity index (χ4n) is 3.79. The minimum atomic E-state index is -3.11. The van der Waals surface area contributed by atoms with Crippen LogP contribution in [0, 0.1) is 6.92 Å². The molecule has 0 aromatic carbocycles. The normalized spacial score (nSPS) is 25.6. The molecule has 0 radical (unpaired) electrons. The van der Waals surface area contributed by atoms with Crippen LogP contribution in [0.3, 0.4) is 0 Å². The molecule has 0 aliphatic carbocycles. The van der Waals surface area contributed by atoms with Gasteiger partial charge in [0.25, 0.3) is 0 Å². The van der Waals surface area contributed by atoms with Crippen molar-refractivity contribution in [3.8, 4) is 0 Å². The molecular weight excluding hydrogens is 340 g/mol. The van der Waals surface area contributed by atoms with Crippen molar-refractivity contribution in [2.45, 2.75) is 25.4 Å². The fraction of sp³-hybridized carbons (Fsp3) is 0.647. The van der Waals surface area contributed by atoms with E-state index >= 15 is 0 Å². The molecule has 3 heterocycles. The number of hydrogen-bond acceptors (Lipinski definition) is 5. The summed E-state index contributed by atoms with van der Waals surface area (Å²) in [4.78, 5) is 22.4. The molecule has 25 heavy (non-hydrogen) atoms. The van der Waals surface area contributed by atoms with Gasteiger partial charge in [-0.05, 0) is 19.1 Å². The Labute approximate surface area is 149 Å². The Balaban J connectivity index is 1.73. The lowest BCUT2D eigenvalue weighted by Gasteiger charge is -2.44. The smallest absolute Gasteiger partial charge is 0.319 e. The quantitative estimate of drug-likeness (QED) is 0.774. The molecule has 8 heteroatoms. The summed E-state index contributed by atoms with van der Waals surface area (Å²) in [5.74, 6) is 0.201. The Kier molecular flexibility index (Phi) is 5.02. The average molecular weight is 366 g/mol. The molecule has 2 atom stereocenters. The topological polar surface area (TPSA) is 73.8 Å². The Morgan fingerprint density at radius 3 is 2.64 bits per heavy atom. The largest absolute Gasteiger partial charge is 0.331 e. The number of aryl methyl sites for hydroxylation is 1. The third-order valence-electron chi connectivity index (χ3n) is 5.02. The number of aromatic nitrogens is 1. The summed E-state index contributed by atoms with van der Waals surface area (Å²) in [6, 6.07) is 5.49. The highest BCUT2D eigenvalue weighted by Gasteiger charge is 2.48. The van der Waals surface area contributed by atoms with Crippen LogP contribution < -0.4 is 0 Å². The van der Waals surface area contributed by atoms with Gasteiger partial charge in [0.15, 0.2) is 9.84 Å². The first kappa shape index (κ1) is 18.1. The lowest BCUT2D eigenvalue weighted by atomic mass is 10.0. The van der Waals surface area contributed by atoms with Crippen LogP contribution in [-0.4, -0.2) is 91.5 Å². The van der Waals surface area contributed by atoms with Gasteiger partial charge in [-0.15, -0.1) is 0 Å². The van der Waals surface area contributed by atoms with Crippen LogP contribution in [0.15, 0.2) is 18.2 Å². The Morgan fingerprint density at radius 2 is 1.96 bits per heavy atom. The van der Waals surface area contributed by atoms with Crippen LogP contribution in [0.1, 0.15) is 11.4 Å². The Morgan fingerprint density at radius 1 is 1.24 bits per heavy atom. The Hall–Kier alpha value is -1.67. The van der Waals surface area contributed by atoms with Gasteiger partial charge in [0.2, 0.25) is 0 Å². The number of amides is 2. The number of nitrogens with zero attached hydrogens (tertiary/aromatic N) is 4. The van der Waals surface area contributed by atoms with Crippen LogP contribution in [0.4, 0.5) is 4.79 Å². The zero-order valence-electron chi connectivity index (χ0n) is 15.1. The maximum absolute atomic E-state index is 12.4. The summed E-state index contributed by atoms with van der Waals surface area (Å²) in [6.07, 6.45) is 0.784. The first-order valence-electron chi connectivity index (χ1n) is 8.62.